The van der Waals surface area contributed by atoms with Crippen LogP contribution in [0.15, 0.2) is 0 Å². The van der Waals surface area contributed by atoms with E-state index in [1.165, 1.54) is 180 Å². The standard InChI is InChI=1S/C53H102O6/c1-6-8-9-10-11-12-13-14-15-16-17-18-21-24-27-33-38-43-51(54)57-46-50(59-53(56)45-40-35-30-29-32-37-42-49(5)7-2)47-58-52(55)44-39-34-28-25-22-19-20-23-26-31-36-41-48(3)4/h48-50H,6-47H2,1-5H3/t49?,50-/m1/s1. The van der Waals surface area contributed by atoms with Crippen LogP contribution in [0.5, 0.6) is 0 Å². The smallest absolute Gasteiger partial charge is 0.306 e. The van der Waals surface area contributed by atoms with Crippen molar-refractivity contribution in [2.45, 2.75) is 298 Å². The lowest BCUT2D eigenvalue weighted by atomic mass is 10.00. The van der Waals surface area contributed by atoms with E-state index < -0.39 is 6.10 Å². The number of carbonyl (C=O) groups excluding carboxylic acids is 3. The van der Waals surface area contributed by atoms with Gasteiger partial charge in [-0.3, -0.25) is 14.4 Å². The van der Waals surface area contributed by atoms with Crippen LogP contribution in [-0.4, -0.2) is 37.2 Å². The summed E-state index contributed by atoms with van der Waals surface area (Å²) < 4.78 is 16.8. The van der Waals surface area contributed by atoms with Crippen molar-refractivity contribution in [3.63, 3.8) is 0 Å². The topological polar surface area (TPSA) is 78.9 Å². The molecule has 0 aliphatic carbocycles. The van der Waals surface area contributed by atoms with Crippen LogP contribution in [0.25, 0.3) is 0 Å². The van der Waals surface area contributed by atoms with Gasteiger partial charge in [-0.2, -0.15) is 0 Å². The summed E-state index contributed by atoms with van der Waals surface area (Å²) in [5, 5.41) is 0. The van der Waals surface area contributed by atoms with E-state index in [-0.39, 0.29) is 31.1 Å². The van der Waals surface area contributed by atoms with Gasteiger partial charge in [0.1, 0.15) is 13.2 Å². The van der Waals surface area contributed by atoms with Crippen molar-refractivity contribution in [1.82, 2.24) is 0 Å². The molecule has 59 heavy (non-hydrogen) atoms. The molecule has 2 atom stereocenters. The zero-order valence-corrected chi connectivity index (χ0v) is 40.4. The molecule has 0 heterocycles. The number of hydrogen-bond acceptors (Lipinski definition) is 6. The van der Waals surface area contributed by atoms with Crippen LogP contribution in [-0.2, 0) is 28.6 Å². The van der Waals surface area contributed by atoms with E-state index in [1.807, 2.05) is 0 Å². The maximum absolute atomic E-state index is 12.7. The van der Waals surface area contributed by atoms with Crippen LogP contribution in [0.2, 0.25) is 0 Å². The molecule has 0 aliphatic heterocycles. The summed E-state index contributed by atoms with van der Waals surface area (Å²) in [6.45, 7) is 11.3. The Morgan fingerprint density at radius 2 is 0.644 bits per heavy atom. The van der Waals surface area contributed by atoms with E-state index in [4.69, 9.17) is 14.2 Å². The zero-order valence-electron chi connectivity index (χ0n) is 40.4. The van der Waals surface area contributed by atoms with Crippen LogP contribution in [0, 0.1) is 11.8 Å². The van der Waals surface area contributed by atoms with Gasteiger partial charge in [0.2, 0.25) is 0 Å². The monoisotopic (exact) mass is 835 g/mol. The van der Waals surface area contributed by atoms with E-state index in [0.29, 0.717) is 19.3 Å². The van der Waals surface area contributed by atoms with Gasteiger partial charge in [0.15, 0.2) is 6.10 Å². The van der Waals surface area contributed by atoms with Gasteiger partial charge in [-0.15, -0.1) is 0 Å². The third kappa shape index (κ3) is 45.8. The lowest BCUT2D eigenvalue weighted by Crippen LogP contribution is -2.30. The van der Waals surface area contributed by atoms with Gasteiger partial charge in [-0.1, -0.05) is 253 Å². The maximum atomic E-state index is 12.7. The van der Waals surface area contributed by atoms with Gasteiger partial charge < -0.3 is 14.2 Å². The molecule has 0 aromatic rings. The first-order chi connectivity index (χ1) is 28.8. The Hall–Kier alpha value is -1.59. The van der Waals surface area contributed by atoms with Crippen LogP contribution in [0.4, 0.5) is 0 Å². The zero-order chi connectivity index (χ0) is 43.3. The molecule has 0 fully saturated rings. The Balaban J connectivity index is 4.26. The van der Waals surface area contributed by atoms with Crippen LogP contribution in [0.3, 0.4) is 0 Å². The molecule has 0 spiro atoms. The van der Waals surface area contributed by atoms with Crippen molar-refractivity contribution in [2.24, 2.45) is 11.8 Å². The Kier molecular flexibility index (Phi) is 44.7. The largest absolute Gasteiger partial charge is 0.462 e. The fourth-order valence-corrected chi connectivity index (χ4v) is 7.96. The highest BCUT2D eigenvalue weighted by Crippen LogP contribution is 2.18. The normalized spacial score (nSPS) is 12.5. The molecular formula is C53H102O6. The summed E-state index contributed by atoms with van der Waals surface area (Å²) in [4.78, 5) is 37.9. The fraction of sp³-hybridized carbons (Fsp3) is 0.943. The van der Waals surface area contributed by atoms with Crippen molar-refractivity contribution < 1.29 is 28.6 Å². The fourth-order valence-electron chi connectivity index (χ4n) is 7.96. The first-order valence-electron chi connectivity index (χ1n) is 26.3. The summed E-state index contributed by atoms with van der Waals surface area (Å²) in [6.07, 6.45) is 46.6. The van der Waals surface area contributed by atoms with Gasteiger partial charge in [0.25, 0.3) is 0 Å². The second kappa shape index (κ2) is 45.9. The van der Waals surface area contributed by atoms with Gasteiger partial charge in [0, 0.05) is 19.3 Å². The summed E-state index contributed by atoms with van der Waals surface area (Å²) in [7, 11) is 0. The third-order valence-corrected chi connectivity index (χ3v) is 12.3. The molecule has 0 saturated heterocycles. The summed E-state index contributed by atoms with van der Waals surface area (Å²) >= 11 is 0. The molecular weight excluding hydrogens is 733 g/mol. The minimum atomic E-state index is -0.762. The minimum absolute atomic E-state index is 0.0645. The molecule has 350 valence electrons. The van der Waals surface area contributed by atoms with Gasteiger partial charge >= 0.3 is 17.9 Å². The van der Waals surface area contributed by atoms with E-state index >= 15 is 0 Å². The molecule has 0 aromatic carbocycles. The second-order valence-corrected chi connectivity index (χ2v) is 18.9. The first kappa shape index (κ1) is 57.4. The number of hydrogen-bond donors (Lipinski definition) is 0. The first-order valence-corrected chi connectivity index (χ1v) is 26.3. The van der Waals surface area contributed by atoms with Crippen LogP contribution in [0.1, 0.15) is 291 Å². The lowest BCUT2D eigenvalue weighted by Gasteiger charge is -2.18. The highest BCUT2D eigenvalue weighted by molar-refractivity contribution is 5.71. The Bertz CT molecular complexity index is 902. The van der Waals surface area contributed by atoms with E-state index in [0.717, 1.165) is 69.6 Å². The highest BCUT2D eigenvalue weighted by atomic mass is 16.6. The number of esters is 3. The molecule has 0 aromatic heterocycles. The van der Waals surface area contributed by atoms with E-state index in [2.05, 4.69) is 34.6 Å². The summed E-state index contributed by atoms with van der Waals surface area (Å²) in [6, 6.07) is 0. The number of carbonyl (C=O) groups is 3. The third-order valence-electron chi connectivity index (χ3n) is 12.3. The van der Waals surface area contributed by atoms with Gasteiger partial charge in [-0.25, -0.2) is 0 Å². The average molecular weight is 835 g/mol. The highest BCUT2D eigenvalue weighted by Gasteiger charge is 2.19. The molecule has 0 saturated carbocycles. The van der Waals surface area contributed by atoms with Crippen molar-refractivity contribution in [3.05, 3.63) is 0 Å². The van der Waals surface area contributed by atoms with E-state index in [9.17, 15) is 14.4 Å². The lowest BCUT2D eigenvalue weighted by molar-refractivity contribution is -0.167. The maximum Gasteiger partial charge on any atom is 0.306 e. The van der Waals surface area contributed by atoms with Crippen LogP contribution >= 0.6 is 0 Å². The molecule has 0 radical (unpaired) electrons. The van der Waals surface area contributed by atoms with E-state index in [1.54, 1.807) is 0 Å². The molecule has 6 heteroatoms. The van der Waals surface area contributed by atoms with Gasteiger partial charge in [-0.05, 0) is 31.1 Å². The second-order valence-electron chi connectivity index (χ2n) is 18.9. The number of unbranched alkanes of at least 4 members (excludes halogenated alkanes) is 31. The van der Waals surface area contributed by atoms with Crippen molar-refractivity contribution in [2.75, 3.05) is 13.2 Å². The summed E-state index contributed by atoms with van der Waals surface area (Å²) in [5.41, 5.74) is 0. The molecule has 0 aliphatic rings. The SMILES string of the molecule is CCCCCCCCCCCCCCCCCCCC(=O)OC[C@H](COC(=O)CCCCCCCCCCCCCC(C)C)OC(=O)CCCCCCCCC(C)CC. The average Bonchev–Trinajstić information content (AvgIpc) is 3.22. The Labute approximate surface area is 368 Å². The predicted octanol–water partition coefficient (Wildman–Crippen LogP) is 16.9. The Morgan fingerprint density at radius 1 is 0.356 bits per heavy atom. The molecule has 6 nitrogen and oxygen atoms in total. The van der Waals surface area contributed by atoms with Gasteiger partial charge in [0.05, 0.1) is 0 Å². The molecule has 0 amide bonds. The number of ether oxygens (including phenoxy) is 3. The van der Waals surface area contributed by atoms with Crippen molar-refractivity contribution in [3.8, 4) is 0 Å². The quantitative estimate of drug-likeness (QED) is 0.0345. The molecule has 0 bridgehead atoms. The van der Waals surface area contributed by atoms with Crippen molar-refractivity contribution >= 4 is 17.9 Å². The van der Waals surface area contributed by atoms with Crippen molar-refractivity contribution in [1.29, 1.82) is 0 Å². The predicted molar refractivity (Wildman–Crippen MR) is 252 cm³/mol. The minimum Gasteiger partial charge on any atom is -0.462 e. The van der Waals surface area contributed by atoms with Crippen LogP contribution < -0.4 is 0 Å². The number of rotatable bonds is 47. The molecule has 0 N–H and O–H groups in total. The molecule has 0 rings (SSSR count). The summed E-state index contributed by atoms with van der Waals surface area (Å²) in [5.74, 6) is 0.785. The Morgan fingerprint density at radius 3 is 0.966 bits per heavy atom. The molecule has 1 unspecified atom stereocenters.